The van der Waals surface area contributed by atoms with E-state index in [9.17, 15) is 8.78 Å². The summed E-state index contributed by atoms with van der Waals surface area (Å²) in [5.41, 5.74) is 9.53. The Morgan fingerprint density at radius 3 is 1.63 bits per heavy atom. The van der Waals surface area contributed by atoms with Crippen LogP contribution in [-0.2, 0) is 0 Å². The summed E-state index contributed by atoms with van der Waals surface area (Å²) < 4.78 is 26.1. The molecule has 0 bridgehead atoms. The molecule has 2 aromatic carbocycles. The van der Waals surface area contributed by atoms with Crippen molar-refractivity contribution in [3.63, 3.8) is 0 Å². The highest BCUT2D eigenvalue weighted by molar-refractivity contribution is 7.86. The number of hydrogen-bond donors (Lipinski definition) is 1. The molecule has 0 unspecified atom stereocenters. The molecule has 4 rings (SSSR count). The highest BCUT2D eigenvalue weighted by Gasteiger charge is 2.04. The number of pyridine rings is 2. The molecule has 180 valence electrons. The molecule has 0 radical (unpaired) electrons. The lowest BCUT2D eigenvalue weighted by Crippen LogP contribution is -1.90. The van der Waals surface area contributed by atoms with Crippen LogP contribution < -0.4 is 5.73 Å². The van der Waals surface area contributed by atoms with Gasteiger partial charge in [-0.1, -0.05) is 55.0 Å². The monoisotopic (exact) mass is 548 g/mol. The van der Waals surface area contributed by atoms with Gasteiger partial charge in [0.1, 0.15) is 17.3 Å². The number of nitrogens with two attached hydrogens (primary N) is 1. The fourth-order valence-corrected chi connectivity index (χ4v) is 2.74. The maximum Gasteiger partial charge on any atom is 0.169 e. The van der Waals surface area contributed by atoms with Crippen LogP contribution in [0.2, 0.25) is 0 Å². The van der Waals surface area contributed by atoms with Gasteiger partial charge in [-0.2, -0.15) is 4.99 Å². The summed E-state index contributed by atoms with van der Waals surface area (Å²) in [6.45, 7) is 0. The molecule has 2 aromatic heterocycles. The molecular formula is C25H20Cl2F2N4S2. The molecule has 0 amide bonds. The van der Waals surface area contributed by atoms with Crippen molar-refractivity contribution >= 4 is 68.0 Å². The van der Waals surface area contributed by atoms with Crippen molar-refractivity contribution in [3.05, 3.63) is 97.1 Å². The Morgan fingerprint density at radius 2 is 1.20 bits per heavy atom. The summed E-state index contributed by atoms with van der Waals surface area (Å²) >= 11 is 18.1. The lowest BCUT2D eigenvalue weighted by atomic mass is 10.1. The summed E-state index contributed by atoms with van der Waals surface area (Å²) in [5.74, 6) is -0.794. The van der Waals surface area contributed by atoms with Crippen LogP contribution in [0.25, 0.3) is 22.3 Å². The molecule has 0 aliphatic heterocycles. The van der Waals surface area contributed by atoms with Crippen molar-refractivity contribution in [1.82, 2.24) is 9.97 Å². The third-order valence-electron chi connectivity index (χ3n) is 4.14. The largest absolute Gasteiger partial charge is 0.396 e. The fourth-order valence-electron chi connectivity index (χ4n) is 2.64. The molecule has 2 heterocycles. The van der Waals surface area contributed by atoms with Gasteiger partial charge in [0, 0.05) is 24.8 Å². The molecule has 0 aliphatic rings. The normalized spacial score (nSPS) is 9.14. The van der Waals surface area contributed by atoms with E-state index in [1.165, 1.54) is 12.1 Å². The summed E-state index contributed by atoms with van der Waals surface area (Å²) in [7, 11) is 0. The molecule has 2 N–H and O–H groups in total. The van der Waals surface area contributed by atoms with Crippen LogP contribution in [0.15, 0.2) is 90.4 Å². The standard InChI is InChI=1S/C12H7FN2S.C11H9FN2.CCl2S.CH4/c13-11-2-1-10(7-12(11)15-8-16)9-3-5-14-6-4-9;12-10-2-1-9(7-11(10)13)8-3-5-14-6-4-8;2-1(3)4;/h1-7H;1-7H,13H2;;1H4. The number of anilines is 1. The highest BCUT2D eigenvalue weighted by Crippen LogP contribution is 2.26. The van der Waals surface area contributed by atoms with Crippen molar-refractivity contribution in [1.29, 1.82) is 0 Å². The Bertz CT molecular complexity index is 1280. The van der Waals surface area contributed by atoms with Crippen LogP contribution in [0.1, 0.15) is 7.43 Å². The van der Waals surface area contributed by atoms with Crippen LogP contribution in [0.3, 0.4) is 0 Å². The molecule has 0 fully saturated rings. The number of nitrogen functional groups attached to an aromatic ring is 1. The highest BCUT2D eigenvalue weighted by atomic mass is 35.5. The van der Waals surface area contributed by atoms with Crippen LogP contribution >= 0.6 is 47.6 Å². The van der Waals surface area contributed by atoms with E-state index in [2.05, 4.69) is 44.6 Å². The SMILES string of the molecule is C.Fc1ccc(-c2ccncc2)cc1N=C=S.Nc1cc(-c2ccncc2)ccc1F.S=C(Cl)Cl. The number of hydrogen-bond acceptors (Lipinski definition) is 6. The summed E-state index contributed by atoms with van der Waals surface area (Å²) in [5, 5.41) is 2.16. The van der Waals surface area contributed by atoms with Crippen LogP contribution in [0.5, 0.6) is 0 Å². The smallest absolute Gasteiger partial charge is 0.169 e. The third-order valence-corrected chi connectivity index (χ3v) is 4.23. The predicted molar refractivity (Wildman–Crippen MR) is 149 cm³/mol. The van der Waals surface area contributed by atoms with Crippen molar-refractivity contribution < 1.29 is 8.78 Å². The molecule has 35 heavy (non-hydrogen) atoms. The topological polar surface area (TPSA) is 64.2 Å². The maximum absolute atomic E-state index is 13.3. The van der Waals surface area contributed by atoms with E-state index in [1.807, 2.05) is 24.3 Å². The maximum atomic E-state index is 13.3. The minimum atomic E-state index is -0.407. The molecule has 10 heteroatoms. The molecular weight excluding hydrogens is 529 g/mol. The minimum Gasteiger partial charge on any atom is -0.396 e. The number of isothiocyanates is 1. The Kier molecular flexibility index (Phi) is 13.4. The molecule has 4 nitrogen and oxygen atoms in total. The van der Waals surface area contributed by atoms with Gasteiger partial charge in [0.25, 0.3) is 0 Å². The lowest BCUT2D eigenvalue weighted by molar-refractivity contribution is 0.630. The Morgan fingerprint density at radius 1 is 0.771 bits per heavy atom. The summed E-state index contributed by atoms with van der Waals surface area (Å²) in [4.78, 5) is 11.5. The van der Waals surface area contributed by atoms with E-state index in [0.29, 0.717) is 0 Å². The molecule has 0 saturated carbocycles. The number of benzene rings is 2. The van der Waals surface area contributed by atoms with Gasteiger partial charge in [0.2, 0.25) is 0 Å². The van der Waals surface area contributed by atoms with Gasteiger partial charge in [-0.25, -0.2) is 8.78 Å². The van der Waals surface area contributed by atoms with Gasteiger partial charge in [0.05, 0.1) is 10.8 Å². The second-order valence-electron chi connectivity index (χ2n) is 6.30. The van der Waals surface area contributed by atoms with E-state index in [1.54, 1.807) is 49.1 Å². The van der Waals surface area contributed by atoms with Crippen LogP contribution in [0.4, 0.5) is 20.2 Å². The van der Waals surface area contributed by atoms with Gasteiger partial charge < -0.3 is 5.73 Å². The van der Waals surface area contributed by atoms with Crippen molar-refractivity contribution in [2.24, 2.45) is 4.99 Å². The zero-order valence-electron chi connectivity index (χ0n) is 17.3. The van der Waals surface area contributed by atoms with Crippen molar-refractivity contribution in [2.75, 3.05) is 5.73 Å². The van der Waals surface area contributed by atoms with E-state index in [0.717, 1.165) is 22.3 Å². The Balaban J connectivity index is 0.000000299. The number of rotatable bonds is 3. The summed E-state index contributed by atoms with van der Waals surface area (Å²) in [6.07, 6.45) is 6.74. The number of aromatic nitrogens is 2. The fraction of sp³-hybridized carbons (Fsp3) is 0.0400. The Hall–Kier alpha value is -3.13. The first-order valence-corrected chi connectivity index (χ1v) is 11.0. The number of thiocarbonyl (C=S) groups is 2. The predicted octanol–water partition coefficient (Wildman–Crippen LogP) is 8.48. The molecule has 0 atom stereocenters. The number of halogens is 4. The minimum absolute atomic E-state index is 0. The molecule has 0 aliphatic carbocycles. The lowest BCUT2D eigenvalue weighted by Gasteiger charge is -2.02. The third kappa shape index (κ3) is 10.3. The van der Waals surface area contributed by atoms with Crippen molar-refractivity contribution in [2.45, 2.75) is 7.43 Å². The molecule has 0 saturated heterocycles. The first kappa shape index (κ1) is 29.9. The average Bonchev–Trinajstić information content (AvgIpc) is 2.84. The first-order chi connectivity index (χ1) is 16.3. The van der Waals surface area contributed by atoms with Gasteiger partial charge in [-0.05, 0) is 83.0 Å². The Labute approximate surface area is 223 Å². The zero-order valence-corrected chi connectivity index (χ0v) is 20.5. The number of aliphatic imine (C=N–C) groups is 1. The van der Waals surface area contributed by atoms with Gasteiger partial charge in [0.15, 0.2) is 3.78 Å². The first-order valence-electron chi connectivity index (χ1n) is 9.40. The average molecular weight is 549 g/mol. The van der Waals surface area contributed by atoms with Crippen molar-refractivity contribution in [3.8, 4) is 22.3 Å². The summed E-state index contributed by atoms with van der Waals surface area (Å²) in [6, 6.07) is 16.8. The van der Waals surface area contributed by atoms with Gasteiger partial charge in [-0.15, -0.1) is 0 Å². The van der Waals surface area contributed by atoms with Crippen LogP contribution in [0, 0.1) is 11.6 Å². The van der Waals surface area contributed by atoms with E-state index in [4.69, 9.17) is 28.9 Å². The van der Waals surface area contributed by atoms with E-state index < -0.39 is 5.82 Å². The number of nitrogens with zero attached hydrogens (tertiary/aromatic N) is 3. The second-order valence-corrected chi connectivity index (χ2v) is 8.29. The van der Waals surface area contributed by atoms with Gasteiger partial charge >= 0.3 is 0 Å². The van der Waals surface area contributed by atoms with Gasteiger partial charge in [-0.3, -0.25) is 9.97 Å². The quantitative estimate of drug-likeness (QED) is 0.120. The van der Waals surface area contributed by atoms with E-state index >= 15 is 0 Å². The second kappa shape index (κ2) is 15.7. The molecule has 0 spiro atoms. The molecule has 4 aromatic rings. The van der Waals surface area contributed by atoms with Crippen LogP contribution in [-0.4, -0.2) is 18.9 Å². The zero-order chi connectivity index (χ0) is 24.9. The van der Waals surface area contributed by atoms with E-state index in [-0.39, 0.29) is 28.4 Å².